The predicted molar refractivity (Wildman–Crippen MR) is 134 cm³/mol. The van der Waals surface area contributed by atoms with Crippen LogP contribution < -0.4 is 10.1 Å². The Morgan fingerprint density at radius 2 is 1.56 bits per heavy atom. The monoisotopic (exact) mass is 552 g/mol. The fraction of sp³-hybridized carbons (Fsp3) is 0.185. The summed E-state index contributed by atoms with van der Waals surface area (Å²) in [7, 11) is 0. The molecule has 1 atom stereocenters. The van der Waals surface area contributed by atoms with Gasteiger partial charge in [-0.1, -0.05) is 11.6 Å². The Bertz CT molecular complexity index is 1380. The van der Waals surface area contributed by atoms with Gasteiger partial charge in [-0.15, -0.1) is 0 Å². The van der Waals surface area contributed by atoms with Crippen molar-refractivity contribution in [3.05, 3.63) is 94.8 Å². The summed E-state index contributed by atoms with van der Waals surface area (Å²) in [4.78, 5) is 64.8. The van der Waals surface area contributed by atoms with Gasteiger partial charge in [-0.25, -0.2) is 9.59 Å². The Morgan fingerprint density at radius 1 is 0.949 bits per heavy atom. The molecule has 1 unspecified atom stereocenters. The minimum absolute atomic E-state index is 0.163. The van der Waals surface area contributed by atoms with Crippen molar-refractivity contribution in [3.8, 4) is 5.75 Å². The van der Waals surface area contributed by atoms with Crippen molar-refractivity contribution < 1.29 is 42.9 Å². The summed E-state index contributed by atoms with van der Waals surface area (Å²) in [6.45, 7) is 0.658. The number of aromatic nitrogens is 1. The van der Waals surface area contributed by atoms with Crippen molar-refractivity contribution in [2.24, 2.45) is 5.92 Å². The number of nitrogens with one attached hydrogen (secondary N) is 1. The van der Waals surface area contributed by atoms with Gasteiger partial charge in [-0.3, -0.25) is 19.4 Å². The molecule has 0 radical (unpaired) electrons. The summed E-state index contributed by atoms with van der Waals surface area (Å²) in [5.41, 5.74) is 1.08. The molecule has 1 N–H and O–H groups in total. The number of carbonyl (C=O) groups is 5. The van der Waals surface area contributed by atoms with Crippen molar-refractivity contribution in [1.29, 1.82) is 0 Å². The fourth-order valence-corrected chi connectivity index (χ4v) is 3.46. The second-order valence-corrected chi connectivity index (χ2v) is 8.82. The third kappa shape index (κ3) is 6.76. The zero-order valence-corrected chi connectivity index (χ0v) is 21.2. The molecule has 1 aromatic heterocycles. The summed E-state index contributed by atoms with van der Waals surface area (Å²) >= 11 is 5.86. The van der Waals surface area contributed by atoms with Gasteiger partial charge in [0.25, 0.3) is 5.91 Å². The van der Waals surface area contributed by atoms with Gasteiger partial charge in [0.1, 0.15) is 18.9 Å². The molecule has 0 aliphatic carbocycles. The first-order valence-electron chi connectivity index (χ1n) is 11.6. The summed E-state index contributed by atoms with van der Waals surface area (Å²) < 4.78 is 20.5. The number of cyclic esters (lactones) is 2. The van der Waals surface area contributed by atoms with E-state index in [2.05, 4.69) is 10.3 Å². The van der Waals surface area contributed by atoms with Crippen LogP contribution in [0.1, 0.15) is 33.2 Å². The van der Waals surface area contributed by atoms with Gasteiger partial charge >= 0.3 is 23.9 Å². The molecule has 2 heterocycles. The summed E-state index contributed by atoms with van der Waals surface area (Å²) in [5, 5.41) is 2.90. The van der Waals surface area contributed by atoms with Gasteiger partial charge in [0.05, 0.1) is 11.5 Å². The second kappa shape index (κ2) is 11.7. The molecule has 0 bridgehead atoms. The molecule has 39 heavy (non-hydrogen) atoms. The molecule has 12 heteroatoms. The molecular formula is C27H21ClN2O9. The van der Waals surface area contributed by atoms with Crippen LogP contribution in [0.25, 0.3) is 0 Å². The SMILES string of the molecule is CC(COc1ccc(C(=O)c2ccc(Cl)cc2)cc1)C(=O)OC1(CNC(=O)c2cccnc2)OC(=O)C(=O)O1. The maximum Gasteiger partial charge on any atom is 0.442 e. The average Bonchev–Trinajstić information content (AvgIpc) is 3.23. The van der Waals surface area contributed by atoms with Gasteiger partial charge in [0.15, 0.2) is 5.78 Å². The lowest BCUT2D eigenvalue weighted by molar-refractivity contribution is -0.298. The largest absolute Gasteiger partial charge is 0.493 e. The third-order valence-electron chi connectivity index (χ3n) is 5.43. The molecular weight excluding hydrogens is 532 g/mol. The third-order valence-corrected chi connectivity index (χ3v) is 5.69. The number of halogens is 1. The molecule has 4 rings (SSSR count). The highest BCUT2D eigenvalue weighted by Crippen LogP contribution is 2.25. The van der Waals surface area contributed by atoms with Gasteiger partial charge in [-0.05, 0) is 67.6 Å². The lowest BCUT2D eigenvalue weighted by Gasteiger charge is -2.26. The van der Waals surface area contributed by atoms with E-state index in [1.54, 1.807) is 48.5 Å². The van der Waals surface area contributed by atoms with Crippen LogP contribution in [0.4, 0.5) is 0 Å². The van der Waals surface area contributed by atoms with Crippen molar-refractivity contribution in [2.75, 3.05) is 13.2 Å². The molecule has 0 saturated carbocycles. The smallest absolute Gasteiger partial charge is 0.442 e. The number of amides is 1. The van der Waals surface area contributed by atoms with E-state index in [4.69, 9.17) is 30.5 Å². The van der Waals surface area contributed by atoms with E-state index in [0.717, 1.165) is 0 Å². The highest BCUT2D eigenvalue weighted by molar-refractivity contribution is 6.31. The Labute approximate surface area is 227 Å². The first-order valence-corrected chi connectivity index (χ1v) is 11.9. The molecule has 2 aromatic carbocycles. The Balaban J connectivity index is 1.34. The standard InChI is InChI=1S/C27H21ClN2O9/c1-16(14-36-21-10-6-18(7-11-21)22(31)17-4-8-20(28)9-5-17)24(33)37-27(38-25(34)26(35)39-27)15-30-23(32)19-3-2-12-29-13-19/h2-13,16H,14-15H2,1H3,(H,30,32). The Morgan fingerprint density at radius 3 is 2.15 bits per heavy atom. The molecule has 11 nitrogen and oxygen atoms in total. The van der Waals surface area contributed by atoms with E-state index in [0.29, 0.717) is 21.9 Å². The highest BCUT2D eigenvalue weighted by atomic mass is 35.5. The molecule has 3 aromatic rings. The number of rotatable bonds is 10. The highest BCUT2D eigenvalue weighted by Gasteiger charge is 2.53. The van der Waals surface area contributed by atoms with Gasteiger partial charge < -0.3 is 24.3 Å². The number of benzene rings is 2. The first kappa shape index (κ1) is 27.3. The Kier molecular flexibility index (Phi) is 8.21. The predicted octanol–water partition coefficient (Wildman–Crippen LogP) is 2.71. The molecule has 1 aliphatic heterocycles. The van der Waals surface area contributed by atoms with Crippen LogP contribution in [0.15, 0.2) is 73.1 Å². The van der Waals surface area contributed by atoms with Crippen molar-refractivity contribution in [2.45, 2.75) is 12.9 Å². The fourth-order valence-electron chi connectivity index (χ4n) is 3.34. The zero-order chi connectivity index (χ0) is 28.0. The van der Waals surface area contributed by atoms with Gasteiger partial charge in [0, 0.05) is 28.5 Å². The zero-order valence-electron chi connectivity index (χ0n) is 20.4. The number of esters is 3. The number of ketones is 1. The molecule has 0 spiro atoms. The normalized spacial score (nSPS) is 14.5. The first-order chi connectivity index (χ1) is 18.7. The summed E-state index contributed by atoms with van der Waals surface area (Å²) in [6.07, 6.45) is 2.76. The second-order valence-electron chi connectivity index (χ2n) is 8.38. The van der Waals surface area contributed by atoms with Crippen LogP contribution in [-0.2, 0) is 28.6 Å². The van der Waals surface area contributed by atoms with Crippen LogP contribution >= 0.6 is 11.6 Å². The van der Waals surface area contributed by atoms with E-state index in [1.165, 1.54) is 31.5 Å². The lowest BCUT2D eigenvalue weighted by atomic mass is 10.0. The lowest BCUT2D eigenvalue weighted by Crippen LogP contribution is -2.48. The van der Waals surface area contributed by atoms with E-state index < -0.39 is 42.3 Å². The quantitative estimate of drug-likeness (QED) is 0.226. The average molecular weight is 553 g/mol. The van der Waals surface area contributed by atoms with Gasteiger partial charge in [0.2, 0.25) is 0 Å². The maximum absolute atomic E-state index is 12.7. The van der Waals surface area contributed by atoms with Crippen LogP contribution in [0.5, 0.6) is 5.75 Å². The molecule has 200 valence electrons. The molecule has 1 amide bonds. The number of pyridine rings is 1. The Hall–Kier alpha value is -4.77. The van der Waals surface area contributed by atoms with Crippen molar-refractivity contribution in [1.82, 2.24) is 10.3 Å². The molecule has 1 aliphatic rings. The topological polar surface area (TPSA) is 147 Å². The molecule has 1 fully saturated rings. The van der Waals surface area contributed by atoms with Crippen LogP contribution in [-0.4, -0.2) is 53.7 Å². The summed E-state index contributed by atoms with van der Waals surface area (Å²) in [6, 6.07) is 15.8. The van der Waals surface area contributed by atoms with Crippen LogP contribution in [0.2, 0.25) is 5.02 Å². The van der Waals surface area contributed by atoms with Crippen LogP contribution in [0, 0.1) is 5.92 Å². The number of ether oxygens (including phenoxy) is 4. The van der Waals surface area contributed by atoms with E-state index in [1.807, 2.05) is 0 Å². The number of nitrogens with zero attached hydrogens (tertiary/aromatic N) is 1. The van der Waals surface area contributed by atoms with Crippen molar-refractivity contribution >= 4 is 41.2 Å². The minimum atomic E-state index is -2.47. The van der Waals surface area contributed by atoms with Gasteiger partial charge in [-0.2, -0.15) is 0 Å². The molecule has 1 saturated heterocycles. The summed E-state index contributed by atoms with van der Waals surface area (Å²) in [5.74, 6) is -7.53. The number of carbonyl (C=O) groups excluding carboxylic acids is 5. The van der Waals surface area contributed by atoms with Crippen molar-refractivity contribution in [3.63, 3.8) is 0 Å². The maximum atomic E-state index is 12.7. The van der Waals surface area contributed by atoms with E-state index in [-0.39, 0.29) is 18.0 Å². The van der Waals surface area contributed by atoms with Crippen LogP contribution in [0.3, 0.4) is 0 Å². The van der Waals surface area contributed by atoms with E-state index >= 15 is 0 Å². The number of hydrogen-bond acceptors (Lipinski definition) is 10. The van der Waals surface area contributed by atoms with E-state index in [9.17, 15) is 24.0 Å². The number of hydrogen-bond donors (Lipinski definition) is 1. The minimum Gasteiger partial charge on any atom is -0.493 e.